The van der Waals surface area contributed by atoms with Crippen LogP contribution in [0.15, 0.2) is 71.6 Å². The molecule has 2 heterocycles. The molecule has 0 bridgehead atoms. The normalized spacial score (nSPS) is 18.1. The predicted octanol–water partition coefficient (Wildman–Crippen LogP) is 5.42. The van der Waals surface area contributed by atoms with E-state index in [0.717, 1.165) is 29.5 Å². The molecule has 11 heteroatoms. The minimum absolute atomic E-state index is 0.0261. The lowest BCUT2D eigenvalue weighted by Crippen LogP contribution is -2.41. The van der Waals surface area contributed by atoms with E-state index in [0.29, 0.717) is 35.8 Å². The van der Waals surface area contributed by atoms with Crippen molar-refractivity contribution in [3.63, 3.8) is 0 Å². The summed E-state index contributed by atoms with van der Waals surface area (Å²) in [6, 6.07) is 16.4. The van der Waals surface area contributed by atoms with Crippen LogP contribution < -0.4 is 9.47 Å². The van der Waals surface area contributed by atoms with Gasteiger partial charge in [-0.1, -0.05) is 6.42 Å². The van der Waals surface area contributed by atoms with Crippen LogP contribution in [-0.2, 0) is 21.2 Å². The van der Waals surface area contributed by atoms with Gasteiger partial charge in [-0.3, -0.25) is 4.90 Å². The molecular weight excluding hydrogens is 539 g/mol. The monoisotopic (exact) mass is 570 g/mol. The molecule has 2 aliphatic rings. The second-order valence-corrected chi connectivity index (χ2v) is 11.6. The molecule has 212 valence electrons. The topological polar surface area (TPSA) is 106 Å². The fourth-order valence-corrected chi connectivity index (χ4v) is 6.52. The van der Waals surface area contributed by atoms with Gasteiger partial charge < -0.3 is 19.3 Å². The minimum Gasteiger partial charge on any atom is -0.492 e. The Bertz CT molecular complexity index is 1430. The maximum atomic E-state index is 13.6. The quantitative estimate of drug-likeness (QED) is 0.340. The van der Waals surface area contributed by atoms with Crippen molar-refractivity contribution in [2.24, 2.45) is 0 Å². The Labute approximate surface area is 232 Å². The maximum Gasteiger partial charge on any atom is 0.507 e. The summed E-state index contributed by atoms with van der Waals surface area (Å²) in [6.07, 6.45) is 1.12. The first-order chi connectivity index (χ1) is 19.3. The molecule has 3 aromatic carbocycles. The lowest BCUT2D eigenvalue weighted by atomic mass is 9.99. The van der Waals surface area contributed by atoms with Gasteiger partial charge in [0.05, 0.1) is 4.90 Å². The van der Waals surface area contributed by atoms with Crippen molar-refractivity contribution in [3.05, 3.63) is 83.7 Å². The number of piperidine rings is 1. The largest absolute Gasteiger partial charge is 0.507 e. The Morgan fingerprint density at radius 1 is 0.900 bits per heavy atom. The van der Waals surface area contributed by atoms with Crippen LogP contribution >= 0.6 is 0 Å². The lowest BCUT2D eigenvalue weighted by molar-refractivity contribution is -0.00579. The van der Waals surface area contributed by atoms with E-state index >= 15 is 0 Å². The zero-order chi connectivity index (χ0) is 28.1. The third-order valence-electron chi connectivity index (χ3n) is 7.06. The molecule has 1 N–H and O–H groups in total. The molecule has 0 saturated carbocycles. The molecule has 9 nitrogen and oxygen atoms in total. The Hall–Kier alpha value is -3.67. The number of nitrogens with zero attached hydrogens (tertiary/aromatic N) is 2. The highest BCUT2D eigenvalue weighted by molar-refractivity contribution is 7.89. The first-order valence-electron chi connectivity index (χ1n) is 13.2. The van der Waals surface area contributed by atoms with Crippen LogP contribution in [-0.4, -0.2) is 61.7 Å². The number of rotatable bonds is 9. The third-order valence-corrected chi connectivity index (χ3v) is 8.92. The van der Waals surface area contributed by atoms with E-state index in [1.54, 1.807) is 12.1 Å². The van der Waals surface area contributed by atoms with Gasteiger partial charge >= 0.3 is 6.16 Å². The van der Waals surface area contributed by atoms with E-state index in [2.05, 4.69) is 4.90 Å². The Morgan fingerprint density at radius 3 is 2.23 bits per heavy atom. The van der Waals surface area contributed by atoms with Crippen molar-refractivity contribution in [2.75, 3.05) is 32.8 Å². The summed E-state index contributed by atoms with van der Waals surface area (Å²) in [7, 11) is -4.13. The van der Waals surface area contributed by atoms with Gasteiger partial charge in [-0.2, -0.15) is 4.31 Å². The maximum absolute atomic E-state index is 13.6. The SMILES string of the molecule is O=C(O)OC1c2ccc(OCCN3CCCCC3)cc2CCN1S(=O)(=O)c1ccc(Oc2ccc(F)cc2)cc1. The van der Waals surface area contributed by atoms with E-state index in [-0.39, 0.29) is 11.4 Å². The van der Waals surface area contributed by atoms with Crippen LogP contribution in [0.25, 0.3) is 0 Å². The molecule has 0 spiro atoms. The van der Waals surface area contributed by atoms with Crippen LogP contribution in [0.2, 0.25) is 0 Å². The second kappa shape index (κ2) is 12.2. The number of carbonyl (C=O) groups is 1. The van der Waals surface area contributed by atoms with Crippen LogP contribution in [0.5, 0.6) is 17.2 Å². The van der Waals surface area contributed by atoms with Crippen molar-refractivity contribution >= 4 is 16.2 Å². The van der Waals surface area contributed by atoms with E-state index in [4.69, 9.17) is 14.2 Å². The van der Waals surface area contributed by atoms with Crippen LogP contribution in [0.1, 0.15) is 36.6 Å². The number of likely N-dealkylation sites (tertiary alicyclic amines) is 1. The summed E-state index contributed by atoms with van der Waals surface area (Å²) in [5.74, 6) is 1.01. The first-order valence-corrected chi connectivity index (χ1v) is 14.7. The standard InChI is InChI=1S/C29H31FN2O7S/c30-22-4-6-23(7-5-22)38-24-8-11-26(12-9-24)40(35,36)32-17-14-21-20-25(10-13-27(21)28(32)39-29(33)34)37-19-18-31-15-2-1-3-16-31/h4-13,20,28H,1-3,14-19H2,(H,33,34). The molecule has 5 rings (SSSR count). The van der Waals surface area contributed by atoms with Crippen LogP contribution in [0.3, 0.4) is 0 Å². The molecule has 1 unspecified atom stereocenters. The summed E-state index contributed by atoms with van der Waals surface area (Å²) < 4.78 is 58.1. The lowest BCUT2D eigenvalue weighted by Gasteiger charge is -2.35. The fraction of sp³-hybridized carbons (Fsp3) is 0.345. The molecule has 1 fully saturated rings. The van der Waals surface area contributed by atoms with Crippen LogP contribution in [0, 0.1) is 5.82 Å². The molecule has 1 saturated heterocycles. The zero-order valence-corrected chi connectivity index (χ0v) is 22.7. The average Bonchev–Trinajstić information content (AvgIpc) is 2.95. The van der Waals surface area contributed by atoms with Gasteiger partial charge in [0.25, 0.3) is 0 Å². The zero-order valence-electron chi connectivity index (χ0n) is 21.9. The second-order valence-electron chi connectivity index (χ2n) is 9.74. The van der Waals surface area contributed by atoms with E-state index in [1.807, 2.05) is 6.07 Å². The molecule has 0 amide bonds. The van der Waals surface area contributed by atoms with E-state index in [9.17, 15) is 22.7 Å². The molecular formula is C29H31FN2O7S. The van der Waals surface area contributed by atoms with Gasteiger partial charge in [-0.15, -0.1) is 0 Å². The van der Waals surface area contributed by atoms with Crippen molar-refractivity contribution in [2.45, 2.75) is 36.8 Å². The fourth-order valence-electron chi connectivity index (χ4n) is 5.03. The number of benzene rings is 3. The Kier molecular flexibility index (Phi) is 8.53. The molecule has 1 atom stereocenters. The van der Waals surface area contributed by atoms with E-state index < -0.39 is 28.2 Å². The van der Waals surface area contributed by atoms with Gasteiger partial charge in [-0.05, 0) is 105 Å². The molecule has 40 heavy (non-hydrogen) atoms. The minimum atomic E-state index is -4.13. The number of ether oxygens (including phenoxy) is 3. The smallest absolute Gasteiger partial charge is 0.492 e. The van der Waals surface area contributed by atoms with Crippen molar-refractivity contribution < 1.29 is 36.9 Å². The van der Waals surface area contributed by atoms with Gasteiger partial charge in [-0.25, -0.2) is 17.6 Å². The Morgan fingerprint density at radius 2 is 1.55 bits per heavy atom. The van der Waals surface area contributed by atoms with Gasteiger partial charge in [0.15, 0.2) is 6.23 Å². The number of carboxylic acid groups (broad SMARTS) is 1. The molecule has 0 aliphatic carbocycles. The van der Waals surface area contributed by atoms with Crippen molar-refractivity contribution in [1.29, 1.82) is 0 Å². The molecule has 0 aromatic heterocycles. The number of hydrogen-bond donors (Lipinski definition) is 1. The number of halogens is 1. The predicted molar refractivity (Wildman–Crippen MR) is 145 cm³/mol. The highest BCUT2D eigenvalue weighted by atomic mass is 32.2. The van der Waals surface area contributed by atoms with E-state index in [1.165, 1.54) is 67.8 Å². The number of fused-ring (bicyclic) bond motifs is 1. The summed E-state index contributed by atoms with van der Waals surface area (Å²) in [5, 5.41) is 9.42. The van der Waals surface area contributed by atoms with Crippen LogP contribution in [0.4, 0.5) is 9.18 Å². The first kappa shape index (κ1) is 27.9. The summed E-state index contributed by atoms with van der Waals surface area (Å²) in [6.45, 7) is 3.56. The number of hydrogen-bond acceptors (Lipinski definition) is 7. The summed E-state index contributed by atoms with van der Waals surface area (Å²) in [4.78, 5) is 13.9. The highest BCUT2D eigenvalue weighted by Crippen LogP contribution is 2.37. The number of sulfonamides is 1. The summed E-state index contributed by atoms with van der Waals surface area (Å²) >= 11 is 0. The average molecular weight is 571 g/mol. The van der Waals surface area contributed by atoms with Crippen molar-refractivity contribution in [3.8, 4) is 17.2 Å². The molecule has 0 radical (unpaired) electrons. The third kappa shape index (κ3) is 6.55. The van der Waals surface area contributed by atoms with Crippen molar-refractivity contribution in [1.82, 2.24) is 9.21 Å². The van der Waals surface area contributed by atoms with Gasteiger partial charge in [0.1, 0.15) is 29.7 Å². The molecule has 2 aliphatic heterocycles. The highest BCUT2D eigenvalue weighted by Gasteiger charge is 2.39. The molecule has 3 aromatic rings. The Balaban J connectivity index is 1.30. The van der Waals surface area contributed by atoms with Gasteiger partial charge in [0, 0.05) is 18.7 Å². The van der Waals surface area contributed by atoms with Gasteiger partial charge in [0.2, 0.25) is 10.0 Å². The summed E-state index contributed by atoms with van der Waals surface area (Å²) in [5.41, 5.74) is 1.23.